The topological polar surface area (TPSA) is 86.3 Å². The maximum atomic E-state index is 13.2. The Hall–Kier alpha value is -3.52. The van der Waals surface area contributed by atoms with Crippen LogP contribution in [-0.2, 0) is 14.3 Å². The molecule has 0 spiro atoms. The first-order chi connectivity index (χ1) is 15.5. The Morgan fingerprint density at radius 1 is 0.875 bits per heavy atom. The third-order valence-corrected chi connectivity index (χ3v) is 5.07. The largest absolute Gasteiger partial charge is 0.497 e. The molecule has 2 amide bonds. The molecule has 0 fully saturated rings. The fourth-order valence-electron chi connectivity index (χ4n) is 3.45. The van der Waals surface area contributed by atoms with Crippen molar-refractivity contribution in [3.05, 3.63) is 53.7 Å². The number of nitrogens with one attached hydrogen (secondary N) is 1. The molecule has 0 saturated heterocycles. The SMILES string of the molecule is CCOCCCN1C(=O)C(Nc2ccc(OC)c(OC)c2)=C(c2ccc(OC)cc2)C1=O. The molecule has 0 saturated carbocycles. The third kappa shape index (κ3) is 4.86. The minimum atomic E-state index is -0.382. The van der Waals surface area contributed by atoms with E-state index < -0.39 is 0 Å². The zero-order valence-electron chi connectivity index (χ0n) is 18.8. The van der Waals surface area contributed by atoms with Gasteiger partial charge in [-0.05, 0) is 43.2 Å². The Kier molecular flexibility index (Phi) is 7.72. The van der Waals surface area contributed by atoms with Gasteiger partial charge in [0.05, 0.1) is 26.9 Å². The normalized spacial score (nSPS) is 13.6. The standard InChI is InChI=1S/C24H28N2O6/c1-5-32-14-6-13-26-23(27)21(16-7-10-18(29-2)11-8-16)22(24(26)28)25-17-9-12-19(30-3)20(15-17)31-4/h7-12,15,25H,5-6,13-14H2,1-4H3. The van der Waals surface area contributed by atoms with Crippen molar-refractivity contribution in [3.8, 4) is 17.2 Å². The molecule has 0 unspecified atom stereocenters. The van der Waals surface area contributed by atoms with Gasteiger partial charge in [0.2, 0.25) is 0 Å². The molecule has 1 aliphatic rings. The van der Waals surface area contributed by atoms with Crippen LogP contribution in [0, 0.1) is 0 Å². The highest BCUT2D eigenvalue weighted by atomic mass is 16.5. The van der Waals surface area contributed by atoms with Crippen LogP contribution in [0.3, 0.4) is 0 Å². The Morgan fingerprint density at radius 2 is 1.59 bits per heavy atom. The zero-order valence-corrected chi connectivity index (χ0v) is 18.8. The van der Waals surface area contributed by atoms with Gasteiger partial charge in [0.25, 0.3) is 11.8 Å². The van der Waals surface area contributed by atoms with Gasteiger partial charge in [-0.2, -0.15) is 0 Å². The number of anilines is 1. The molecule has 0 atom stereocenters. The Bertz CT molecular complexity index is 1000. The predicted molar refractivity (Wildman–Crippen MR) is 121 cm³/mol. The lowest BCUT2D eigenvalue weighted by Gasteiger charge is -2.15. The number of rotatable bonds is 11. The van der Waals surface area contributed by atoms with E-state index >= 15 is 0 Å². The average Bonchev–Trinajstić information content (AvgIpc) is 3.05. The summed E-state index contributed by atoms with van der Waals surface area (Å²) in [7, 11) is 4.66. The molecule has 8 heteroatoms. The molecule has 0 radical (unpaired) electrons. The highest BCUT2D eigenvalue weighted by molar-refractivity contribution is 6.36. The average molecular weight is 440 g/mol. The van der Waals surface area contributed by atoms with E-state index in [-0.39, 0.29) is 24.1 Å². The minimum Gasteiger partial charge on any atom is -0.497 e. The molecular formula is C24H28N2O6. The summed E-state index contributed by atoms with van der Waals surface area (Å²) in [6.45, 7) is 3.24. The van der Waals surface area contributed by atoms with Crippen LogP contribution < -0.4 is 19.5 Å². The van der Waals surface area contributed by atoms with Gasteiger partial charge in [-0.15, -0.1) is 0 Å². The summed E-state index contributed by atoms with van der Waals surface area (Å²) in [6, 6.07) is 12.2. The molecule has 0 aromatic heterocycles. The molecule has 2 aromatic rings. The van der Waals surface area contributed by atoms with Crippen molar-refractivity contribution in [2.24, 2.45) is 0 Å². The molecule has 0 aliphatic carbocycles. The Labute approximate surface area is 187 Å². The van der Waals surface area contributed by atoms with Crippen molar-refractivity contribution >= 4 is 23.1 Å². The zero-order chi connectivity index (χ0) is 23.1. The summed E-state index contributed by atoms with van der Waals surface area (Å²) in [4.78, 5) is 27.7. The van der Waals surface area contributed by atoms with Crippen LogP contribution in [0.4, 0.5) is 5.69 Å². The van der Waals surface area contributed by atoms with Crippen LogP contribution in [-0.4, -0.2) is 57.8 Å². The number of benzene rings is 2. The van der Waals surface area contributed by atoms with Gasteiger partial charge < -0.3 is 24.3 Å². The van der Waals surface area contributed by atoms with Crippen LogP contribution in [0.1, 0.15) is 18.9 Å². The molecule has 0 bridgehead atoms. The number of carbonyl (C=O) groups excluding carboxylic acids is 2. The van der Waals surface area contributed by atoms with Crippen LogP contribution in [0.25, 0.3) is 5.57 Å². The van der Waals surface area contributed by atoms with Gasteiger partial charge in [0, 0.05) is 31.5 Å². The monoisotopic (exact) mass is 440 g/mol. The van der Waals surface area contributed by atoms with E-state index in [0.717, 1.165) is 0 Å². The number of ether oxygens (including phenoxy) is 4. The second-order valence-corrected chi connectivity index (χ2v) is 6.99. The van der Waals surface area contributed by atoms with Crippen LogP contribution in [0.15, 0.2) is 48.2 Å². The van der Waals surface area contributed by atoms with Gasteiger partial charge in [-0.3, -0.25) is 14.5 Å². The van der Waals surface area contributed by atoms with E-state index in [2.05, 4.69) is 5.32 Å². The fourth-order valence-corrected chi connectivity index (χ4v) is 3.45. The minimum absolute atomic E-state index is 0.212. The van der Waals surface area contributed by atoms with Crippen LogP contribution >= 0.6 is 0 Å². The van der Waals surface area contributed by atoms with E-state index in [1.807, 2.05) is 6.92 Å². The second kappa shape index (κ2) is 10.7. The second-order valence-electron chi connectivity index (χ2n) is 6.99. The number of amides is 2. The van der Waals surface area contributed by atoms with Crippen LogP contribution in [0.5, 0.6) is 17.2 Å². The molecule has 3 rings (SSSR count). The third-order valence-electron chi connectivity index (χ3n) is 5.07. The summed E-state index contributed by atoms with van der Waals surface area (Å²) >= 11 is 0. The van der Waals surface area contributed by atoms with Gasteiger partial charge in [-0.1, -0.05) is 12.1 Å². The van der Waals surface area contributed by atoms with E-state index in [9.17, 15) is 9.59 Å². The van der Waals surface area contributed by atoms with Crippen molar-refractivity contribution in [2.45, 2.75) is 13.3 Å². The van der Waals surface area contributed by atoms with E-state index in [4.69, 9.17) is 18.9 Å². The first kappa shape index (κ1) is 23.1. The lowest BCUT2D eigenvalue weighted by Crippen LogP contribution is -2.34. The summed E-state index contributed by atoms with van der Waals surface area (Å²) in [6.07, 6.45) is 0.560. The summed E-state index contributed by atoms with van der Waals surface area (Å²) < 4.78 is 21.2. The van der Waals surface area contributed by atoms with Crippen molar-refractivity contribution in [1.29, 1.82) is 0 Å². The lowest BCUT2D eigenvalue weighted by atomic mass is 10.0. The first-order valence-electron chi connectivity index (χ1n) is 10.4. The van der Waals surface area contributed by atoms with Crippen molar-refractivity contribution < 1.29 is 28.5 Å². The fraction of sp³-hybridized carbons (Fsp3) is 0.333. The maximum absolute atomic E-state index is 13.2. The summed E-state index contributed by atoms with van der Waals surface area (Å²) in [5.74, 6) is 1.00. The molecule has 32 heavy (non-hydrogen) atoms. The lowest BCUT2D eigenvalue weighted by molar-refractivity contribution is -0.137. The molecule has 1 N–H and O–H groups in total. The highest BCUT2D eigenvalue weighted by Gasteiger charge is 2.39. The highest BCUT2D eigenvalue weighted by Crippen LogP contribution is 2.34. The molecule has 1 aliphatic heterocycles. The number of hydrogen-bond acceptors (Lipinski definition) is 7. The number of hydrogen-bond donors (Lipinski definition) is 1. The first-order valence-corrected chi connectivity index (χ1v) is 10.4. The molecule has 8 nitrogen and oxygen atoms in total. The van der Waals surface area contributed by atoms with Gasteiger partial charge in [0.15, 0.2) is 11.5 Å². The van der Waals surface area contributed by atoms with E-state index in [1.165, 1.54) is 12.0 Å². The predicted octanol–water partition coefficient (Wildman–Crippen LogP) is 3.33. The van der Waals surface area contributed by atoms with Gasteiger partial charge >= 0.3 is 0 Å². The van der Waals surface area contributed by atoms with Crippen molar-refractivity contribution in [3.63, 3.8) is 0 Å². The smallest absolute Gasteiger partial charge is 0.278 e. The molecular weight excluding hydrogens is 412 g/mol. The van der Waals surface area contributed by atoms with E-state index in [1.54, 1.807) is 56.7 Å². The number of imide groups is 1. The number of methoxy groups -OCH3 is 3. The summed E-state index contributed by atoms with van der Waals surface area (Å²) in [5, 5.41) is 3.13. The van der Waals surface area contributed by atoms with Gasteiger partial charge in [-0.25, -0.2) is 0 Å². The Balaban J connectivity index is 1.96. The number of carbonyl (C=O) groups is 2. The number of nitrogens with zero attached hydrogens (tertiary/aromatic N) is 1. The summed E-state index contributed by atoms with van der Waals surface area (Å²) in [5.41, 5.74) is 1.74. The van der Waals surface area contributed by atoms with Crippen molar-refractivity contribution in [1.82, 2.24) is 4.90 Å². The Morgan fingerprint density at radius 3 is 2.22 bits per heavy atom. The van der Waals surface area contributed by atoms with Gasteiger partial charge in [0.1, 0.15) is 11.4 Å². The van der Waals surface area contributed by atoms with E-state index in [0.29, 0.717) is 53.7 Å². The molecule has 170 valence electrons. The molecule has 1 heterocycles. The van der Waals surface area contributed by atoms with Crippen molar-refractivity contribution in [2.75, 3.05) is 46.4 Å². The molecule has 2 aromatic carbocycles. The maximum Gasteiger partial charge on any atom is 0.278 e. The quantitative estimate of drug-likeness (QED) is 0.424. The van der Waals surface area contributed by atoms with Crippen LogP contribution in [0.2, 0.25) is 0 Å².